The molecule has 1 aliphatic heterocycles. The summed E-state index contributed by atoms with van der Waals surface area (Å²) in [6.45, 7) is 2.94. The first kappa shape index (κ1) is 18.9. The Labute approximate surface area is 148 Å². The summed E-state index contributed by atoms with van der Waals surface area (Å²) in [5.41, 5.74) is 0.785. The molecule has 0 bridgehead atoms. The molecule has 2 rings (SSSR count). The third-order valence-corrected chi connectivity index (χ3v) is 4.39. The third-order valence-electron chi connectivity index (χ3n) is 4.39. The number of methoxy groups -OCH3 is 3. The summed E-state index contributed by atoms with van der Waals surface area (Å²) in [7, 11) is 4.63. The Morgan fingerprint density at radius 3 is 2.08 bits per heavy atom. The summed E-state index contributed by atoms with van der Waals surface area (Å²) in [6.07, 6.45) is 1.78. The molecule has 0 aliphatic carbocycles. The van der Waals surface area contributed by atoms with Gasteiger partial charge in [-0.3, -0.25) is 9.59 Å². The number of carbonyl (C=O) groups is 2. The highest BCUT2D eigenvalue weighted by Gasteiger charge is 2.22. The summed E-state index contributed by atoms with van der Waals surface area (Å²) >= 11 is 0. The summed E-state index contributed by atoms with van der Waals surface area (Å²) in [5, 5.41) is 3.04. The first-order valence-electron chi connectivity index (χ1n) is 8.32. The van der Waals surface area contributed by atoms with E-state index in [4.69, 9.17) is 14.2 Å². The van der Waals surface area contributed by atoms with Crippen molar-refractivity contribution in [3.8, 4) is 17.2 Å². The molecule has 2 amide bonds. The van der Waals surface area contributed by atoms with Crippen LogP contribution in [0, 0.1) is 0 Å². The molecule has 138 valence electrons. The van der Waals surface area contributed by atoms with Crippen LogP contribution >= 0.6 is 0 Å². The predicted molar refractivity (Wildman–Crippen MR) is 93.2 cm³/mol. The Morgan fingerprint density at radius 1 is 1.08 bits per heavy atom. The molecule has 0 radical (unpaired) electrons. The topological polar surface area (TPSA) is 77.1 Å². The Hall–Kier alpha value is -2.44. The lowest BCUT2D eigenvalue weighted by Crippen LogP contribution is -2.46. The van der Waals surface area contributed by atoms with Crippen LogP contribution in [-0.4, -0.2) is 57.2 Å². The largest absolute Gasteiger partial charge is 0.493 e. The van der Waals surface area contributed by atoms with E-state index < -0.39 is 0 Å². The fourth-order valence-corrected chi connectivity index (χ4v) is 3.04. The van der Waals surface area contributed by atoms with Gasteiger partial charge in [-0.25, -0.2) is 0 Å². The van der Waals surface area contributed by atoms with Gasteiger partial charge in [0.25, 0.3) is 0 Å². The molecule has 0 saturated carbocycles. The van der Waals surface area contributed by atoms with Crippen molar-refractivity contribution < 1.29 is 23.8 Å². The monoisotopic (exact) mass is 350 g/mol. The standard InChI is InChI=1S/C18H26N2O5/c1-12(21)20-7-5-14(6-8-20)19-17(22)11-13-9-15(23-2)18(25-4)16(10-13)24-3/h9-10,14H,5-8,11H2,1-4H3,(H,19,22). The maximum atomic E-state index is 12.3. The van der Waals surface area contributed by atoms with Crippen molar-refractivity contribution in [2.24, 2.45) is 0 Å². The zero-order chi connectivity index (χ0) is 18.4. The summed E-state index contributed by atoms with van der Waals surface area (Å²) in [5.74, 6) is 1.59. The lowest BCUT2D eigenvalue weighted by molar-refractivity contribution is -0.130. The molecule has 25 heavy (non-hydrogen) atoms. The normalized spacial score (nSPS) is 14.8. The molecular formula is C18H26N2O5. The van der Waals surface area contributed by atoms with Crippen LogP contribution in [0.15, 0.2) is 12.1 Å². The van der Waals surface area contributed by atoms with E-state index in [1.54, 1.807) is 40.4 Å². The average molecular weight is 350 g/mol. The van der Waals surface area contributed by atoms with Crippen LogP contribution < -0.4 is 19.5 Å². The van der Waals surface area contributed by atoms with E-state index in [1.165, 1.54) is 0 Å². The van der Waals surface area contributed by atoms with Crippen molar-refractivity contribution in [1.29, 1.82) is 0 Å². The quantitative estimate of drug-likeness (QED) is 0.839. The number of carbonyl (C=O) groups excluding carboxylic acids is 2. The summed E-state index contributed by atoms with van der Waals surface area (Å²) in [4.78, 5) is 25.5. The van der Waals surface area contributed by atoms with Crippen LogP contribution in [0.5, 0.6) is 17.2 Å². The van der Waals surface area contributed by atoms with Crippen molar-refractivity contribution in [2.75, 3.05) is 34.4 Å². The molecule has 0 atom stereocenters. The number of ether oxygens (including phenoxy) is 3. The van der Waals surface area contributed by atoms with Crippen LogP contribution in [0.4, 0.5) is 0 Å². The van der Waals surface area contributed by atoms with E-state index in [1.807, 2.05) is 4.90 Å². The number of hydrogen-bond donors (Lipinski definition) is 1. The van der Waals surface area contributed by atoms with Gasteiger partial charge in [-0.05, 0) is 30.5 Å². The zero-order valence-corrected chi connectivity index (χ0v) is 15.3. The Balaban J connectivity index is 1.98. The van der Waals surface area contributed by atoms with Crippen LogP contribution in [0.3, 0.4) is 0 Å². The van der Waals surface area contributed by atoms with Crippen molar-refractivity contribution in [2.45, 2.75) is 32.2 Å². The van der Waals surface area contributed by atoms with E-state index in [9.17, 15) is 9.59 Å². The fraction of sp³-hybridized carbons (Fsp3) is 0.556. The number of hydrogen-bond acceptors (Lipinski definition) is 5. The number of amides is 2. The molecule has 0 aromatic heterocycles. The highest BCUT2D eigenvalue weighted by atomic mass is 16.5. The molecule has 1 aromatic carbocycles. The second-order valence-corrected chi connectivity index (χ2v) is 6.06. The van der Waals surface area contributed by atoms with Crippen molar-refractivity contribution in [3.05, 3.63) is 17.7 Å². The smallest absolute Gasteiger partial charge is 0.224 e. The summed E-state index contributed by atoms with van der Waals surface area (Å²) < 4.78 is 15.9. The molecular weight excluding hydrogens is 324 g/mol. The second-order valence-electron chi connectivity index (χ2n) is 6.06. The minimum absolute atomic E-state index is 0.0597. The molecule has 0 unspecified atom stereocenters. The van der Waals surface area contributed by atoms with Crippen LogP contribution in [0.2, 0.25) is 0 Å². The maximum absolute atomic E-state index is 12.3. The Morgan fingerprint density at radius 2 is 1.64 bits per heavy atom. The van der Waals surface area contributed by atoms with Gasteiger partial charge in [0, 0.05) is 26.1 Å². The van der Waals surface area contributed by atoms with Crippen molar-refractivity contribution in [1.82, 2.24) is 10.2 Å². The fourth-order valence-electron chi connectivity index (χ4n) is 3.04. The number of piperidine rings is 1. The first-order valence-corrected chi connectivity index (χ1v) is 8.32. The SMILES string of the molecule is COc1cc(CC(=O)NC2CCN(C(C)=O)CC2)cc(OC)c1OC. The van der Waals surface area contributed by atoms with Gasteiger partial charge in [-0.2, -0.15) is 0 Å². The van der Waals surface area contributed by atoms with Gasteiger partial charge in [-0.15, -0.1) is 0 Å². The lowest BCUT2D eigenvalue weighted by atomic mass is 10.0. The molecule has 1 N–H and O–H groups in total. The number of likely N-dealkylation sites (tertiary alicyclic amines) is 1. The first-order chi connectivity index (χ1) is 12.0. The maximum Gasteiger partial charge on any atom is 0.224 e. The van der Waals surface area contributed by atoms with Crippen LogP contribution in [0.25, 0.3) is 0 Å². The van der Waals surface area contributed by atoms with Crippen LogP contribution in [-0.2, 0) is 16.0 Å². The summed E-state index contributed by atoms with van der Waals surface area (Å²) in [6, 6.07) is 3.66. The molecule has 0 spiro atoms. The zero-order valence-electron chi connectivity index (χ0n) is 15.3. The number of rotatable bonds is 6. The van der Waals surface area contributed by atoms with E-state index in [0.717, 1.165) is 18.4 Å². The average Bonchev–Trinajstić information content (AvgIpc) is 2.61. The van der Waals surface area contributed by atoms with Gasteiger partial charge in [0.05, 0.1) is 27.8 Å². The molecule has 1 aromatic rings. The van der Waals surface area contributed by atoms with Gasteiger partial charge in [0.1, 0.15) is 0 Å². The van der Waals surface area contributed by atoms with E-state index in [0.29, 0.717) is 30.3 Å². The Bertz CT molecular complexity index is 599. The van der Waals surface area contributed by atoms with E-state index in [2.05, 4.69) is 5.32 Å². The van der Waals surface area contributed by atoms with Gasteiger partial charge >= 0.3 is 0 Å². The van der Waals surface area contributed by atoms with E-state index >= 15 is 0 Å². The van der Waals surface area contributed by atoms with Crippen molar-refractivity contribution in [3.63, 3.8) is 0 Å². The van der Waals surface area contributed by atoms with Crippen molar-refractivity contribution >= 4 is 11.8 Å². The minimum atomic E-state index is -0.0597. The molecule has 1 heterocycles. The van der Waals surface area contributed by atoms with Gasteiger partial charge in [-0.1, -0.05) is 0 Å². The van der Waals surface area contributed by atoms with Gasteiger partial charge in [0.2, 0.25) is 17.6 Å². The minimum Gasteiger partial charge on any atom is -0.493 e. The molecule has 1 fully saturated rings. The Kier molecular flexibility index (Phi) is 6.50. The van der Waals surface area contributed by atoms with E-state index in [-0.39, 0.29) is 24.3 Å². The number of nitrogens with zero attached hydrogens (tertiary/aromatic N) is 1. The number of benzene rings is 1. The molecule has 7 heteroatoms. The number of nitrogens with one attached hydrogen (secondary N) is 1. The molecule has 7 nitrogen and oxygen atoms in total. The highest BCUT2D eigenvalue weighted by Crippen LogP contribution is 2.38. The van der Waals surface area contributed by atoms with Gasteiger partial charge in [0.15, 0.2) is 11.5 Å². The molecule has 1 saturated heterocycles. The molecule has 1 aliphatic rings. The second kappa shape index (κ2) is 8.60. The lowest BCUT2D eigenvalue weighted by Gasteiger charge is -2.31. The van der Waals surface area contributed by atoms with Crippen LogP contribution in [0.1, 0.15) is 25.3 Å². The predicted octanol–water partition coefficient (Wildman–Crippen LogP) is 1.38. The third kappa shape index (κ3) is 4.78. The highest BCUT2D eigenvalue weighted by molar-refractivity contribution is 5.79. The van der Waals surface area contributed by atoms with Gasteiger partial charge < -0.3 is 24.4 Å².